The number of ether oxygens (including phenoxy) is 2. The van der Waals surface area contributed by atoms with Gasteiger partial charge in [-0.3, -0.25) is 4.79 Å². The van der Waals surface area contributed by atoms with Gasteiger partial charge in [0.05, 0.1) is 11.6 Å². The molecule has 34 heavy (non-hydrogen) atoms. The molecule has 0 aliphatic rings. The van der Waals surface area contributed by atoms with E-state index in [-0.39, 0.29) is 18.3 Å². The second kappa shape index (κ2) is 12.3. The molecule has 0 atom stereocenters. The third kappa shape index (κ3) is 7.66. The van der Waals surface area contributed by atoms with Crippen LogP contribution >= 0.6 is 11.6 Å². The van der Waals surface area contributed by atoms with Crippen LogP contribution in [0.3, 0.4) is 0 Å². The molecule has 0 heterocycles. The van der Waals surface area contributed by atoms with Crippen LogP contribution in [0.4, 0.5) is 15.8 Å². The Morgan fingerprint density at radius 2 is 1.74 bits per heavy atom. The number of halogens is 2. The summed E-state index contributed by atoms with van der Waals surface area (Å²) in [6.07, 6.45) is 0.478. The van der Waals surface area contributed by atoms with Gasteiger partial charge in [-0.15, -0.1) is 0 Å². The predicted octanol–water partition coefficient (Wildman–Crippen LogP) is 7.05. The Bertz CT molecular complexity index is 1100. The Morgan fingerprint density at radius 1 is 1.00 bits per heavy atom. The molecule has 180 valence electrons. The molecule has 0 bridgehead atoms. The van der Waals surface area contributed by atoms with Gasteiger partial charge in [-0.05, 0) is 66.4 Å². The van der Waals surface area contributed by atoms with Crippen LogP contribution in [0, 0.1) is 11.7 Å². The lowest BCUT2D eigenvalue weighted by molar-refractivity contribution is -0.116. The minimum absolute atomic E-state index is 0.00323. The molecule has 1 amide bonds. The lowest BCUT2D eigenvalue weighted by Gasteiger charge is -2.16. The number of hydrogen-bond donors (Lipinski definition) is 2. The zero-order valence-corrected chi connectivity index (χ0v) is 20.4. The normalized spacial score (nSPS) is 10.8. The Morgan fingerprint density at radius 3 is 2.44 bits per heavy atom. The number of benzene rings is 3. The minimum Gasteiger partial charge on any atom is -0.490 e. The maximum Gasteiger partial charge on any atom is 0.224 e. The van der Waals surface area contributed by atoms with Crippen molar-refractivity contribution in [2.45, 2.75) is 40.3 Å². The molecule has 0 radical (unpaired) electrons. The molecule has 3 rings (SSSR count). The average molecular weight is 485 g/mol. The van der Waals surface area contributed by atoms with Crippen LogP contribution < -0.4 is 20.1 Å². The van der Waals surface area contributed by atoms with Gasteiger partial charge in [0.15, 0.2) is 11.5 Å². The van der Waals surface area contributed by atoms with Gasteiger partial charge in [-0.25, -0.2) is 4.39 Å². The van der Waals surface area contributed by atoms with E-state index in [1.807, 2.05) is 57.2 Å². The van der Waals surface area contributed by atoms with E-state index in [0.717, 1.165) is 22.5 Å². The molecule has 0 aliphatic heterocycles. The molecule has 0 aliphatic carbocycles. The number of carbonyl (C=O) groups is 1. The fraction of sp³-hybridized carbons (Fsp3) is 0.296. The van der Waals surface area contributed by atoms with E-state index in [1.165, 1.54) is 12.1 Å². The molecule has 5 nitrogen and oxygen atoms in total. The van der Waals surface area contributed by atoms with Crippen LogP contribution in [0.25, 0.3) is 0 Å². The highest BCUT2D eigenvalue weighted by atomic mass is 35.5. The molecule has 0 spiro atoms. The molecule has 0 aromatic heterocycles. The standard InChI is InChI=1S/C27H30ClFN2O3/c1-4-33-25-14-20(13-24(28)27(25)34-17-19-8-10-21(29)11-9-19)16-30-22-6-5-7-23(15-22)31-26(32)12-18(2)3/h5-11,13-15,18,30H,4,12,16-17H2,1-3H3,(H,31,32). The highest BCUT2D eigenvalue weighted by Gasteiger charge is 2.13. The predicted molar refractivity (Wildman–Crippen MR) is 135 cm³/mol. The fourth-order valence-corrected chi connectivity index (χ4v) is 3.64. The molecule has 0 unspecified atom stereocenters. The summed E-state index contributed by atoms with van der Waals surface area (Å²) in [4.78, 5) is 12.1. The largest absolute Gasteiger partial charge is 0.490 e. The zero-order chi connectivity index (χ0) is 24.5. The summed E-state index contributed by atoms with van der Waals surface area (Å²) in [5.41, 5.74) is 3.35. The molecule has 0 saturated carbocycles. The topological polar surface area (TPSA) is 59.6 Å². The summed E-state index contributed by atoms with van der Waals surface area (Å²) in [6.45, 7) is 7.12. The van der Waals surface area contributed by atoms with Gasteiger partial charge in [0.2, 0.25) is 5.91 Å². The summed E-state index contributed by atoms with van der Waals surface area (Å²) in [6, 6.07) is 17.4. The van der Waals surface area contributed by atoms with Crippen molar-refractivity contribution in [1.29, 1.82) is 0 Å². The van der Waals surface area contributed by atoms with E-state index in [9.17, 15) is 9.18 Å². The number of rotatable bonds is 11. The van der Waals surface area contributed by atoms with Gasteiger partial charge in [0.25, 0.3) is 0 Å². The first-order valence-corrected chi connectivity index (χ1v) is 11.7. The lowest BCUT2D eigenvalue weighted by atomic mass is 10.1. The molecule has 7 heteroatoms. The number of anilines is 2. The van der Waals surface area contributed by atoms with Gasteiger partial charge < -0.3 is 20.1 Å². The number of amides is 1. The Balaban J connectivity index is 1.67. The van der Waals surface area contributed by atoms with Crippen LogP contribution in [-0.4, -0.2) is 12.5 Å². The van der Waals surface area contributed by atoms with Crippen molar-refractivity contribution in [3.05, 3.63) is 82.6 Å². The van der Waals surface area contributed by atoms with Gasteiger partial charge >= 0.3 is 0 Å². The van der Waals surface area contributed by atoms with Crippen LogP contribution in [0.1, 0.15) is 38.3 Å². The van der Waals surface area contributed by atoms with Crippen molar-refractivity contribution < 1.29 is 18.7 Å². The molecule has 3 aromatic carbocycles. The summed E-state index contributed by atoms with van der Waals surface area (Å²) < 4.78 is 24.8. The van der Waals surface area contributed by atoms with Crippen LogP contribution in [-0.2, 0) is 17.9 Å². The minimum atomic E-state index is -0.294. The Labute approximate surface area is 205 Å². The molecule has 2 N–H and O–H groups in total. The summed E-state index contributed by atoms with van der Waals surface area (Å²) in [5, 5.41) is 6.71. The van der Waals surface area contributed by atoms with Gasteiger partial charge in [0, 0.05) is 24.3 Å². The Kier molecular flexibility index (Phi) is 9.16. The van der Waals surface area contributed by atoms with Crippen molar-refractivity contribution in [2.24, 2.45) is 5.92 Å². The van der Waals surface area contributed by atoms with Gasteiger partial charge in [0.1, 0.15) is 12.4 Å². The highest BCUT2D eigenvalue weighted by Crippen LogP contribution is 2.37. The van der Waals surface area contributed by atoms with Crippen molar-refractivity contribution in [3.8, 4) is 11.5 Å². The van der Waals surface area contributed by atoms with Crippen LogP contribution in [0.2, 0.25) is 5.02 Å². The monoisotopic (exact) mass is 484 g/mol. The van der Waals surface area contributed by atoms with Crippen molar-refractivity contribution in [2.75, 3.05) is 17.2 Å². The smallest absolute Gasteiger partial charge is 0.224 e. The average Bonchev–Trinajstić information content (AvgIpc) is 2.78. The van der Waals surface area contributed by atoms with Crippen molar-refractivity contribution in [1.82, 2.24) is 0 Å². The second-order valence-corrected chi connectivity index (χ2v) is 8.74. The van der Waals surface area contributed by atoms with E-state index in [4.69, 9.17) is 21.1 Å². The highest BCUT2D eigenvalue weighted by molar-refractivity contribution is 6.32. The van der Waals surface area contributed by atoms with Gasteiger partial charge in [-0.1, -0.05) is 43.6 Å². The molecule has 0 saturated heterocycles. The maximum atomic E-state index is 13.1. The number of hydrogen-bond acceptors (Lipinski definition) is 4. The van der Waals surface area contributed by atoms with Crippen molar-refractivity contribution in [3.63, 3.8) is 0 Å². The summed E-state index contributed by atoms with van der Waals surface area (Å²) >= 11 is 6.53. The SMILES string of the molecule is CCOc1cc(CNc2cccc(NC(=O)CC(C)C)c2)cc(Cl)c1OCc1ccc(F)cc1. The van der Waals surface area contributed by atoms with Crippen molar-refractivity contribution >= 4 is 28.9 Å². The van der Waals surface area contributed by atoms with Gasteiger partial charge in [-0.2, -0.15) is 0 Å². The lowest BCUT2D eigenvalue weighted by Crippen LogP contribution is -2.13. The van der Waals surface area contributed by atoms with E-state index in [0.29, 0.717) is 42.0 Å². The molecule has 0 fully saturated rings. The summed E-state index contributed by atoms with van der Waals surface area (Å²) in [7, 11) is 0. The first-order valence-electron chi connectivity index (χ1n) is 11.3. The van der Waals surface area contributed by atoms with E-state index < -0.39 is 0 Å². The maximum absolute atomic E-state index is 13.1. The fourth-order valence-electron chi connectivity index (χ4n) is 3.36. The quantitative estimate of drug-likeness (QED) is 0.306. The van der Waals surface area contributed by atoms with Crippen LogP contribution in [0.15, 0.2) is 60.7 Å². The van der Waals surface area contributed by atoms with E-state index in [2.05, 4.69) is 10.6 Å². The number of carbonyl (C=O) groups excluding carboxylic acids is 1. The molecular weight excluding hydrogens is 455 g/mol. The van der Waals surface area contributed by atoms with E-state index >= 15 is 0 Å². The van der Waals surface area contributed by atoms with Crippen LogP contribution in [0.5, 0.6) is 11.5 Å². The first kappa shape index (κ1) is 25.4. The molecule has 3 aromatic rings. The number of nitrogens with one attached hydrogen (secondary N) is 2. The Hall–Kier alpha value is -3.25. The third-order valence-electron chi connectivity index (χ3n) is 4.90. The molecular formula is C27H30ClFN2O3. The second-order valence-electron chi connectivity index (χ2n) is 8.33. The van der Waals surface area contributed by atoms with E-state index in [1.54, 1.807) is 12.1 Å². The summed E-state index contributed by atoms with van der Waals surface area (Å²) in [5.74, 6) is 0.997. The first-order chi connectivity index (χ1) is 16.3. The third-order valence-corrected chi connectivity index (χ3v) is 5.18. The zero-order valence-electron chi connectivity index (χ0n) is 19.7.